The number of nitrogens with one attached hydrogen (secondary N) is 2. The lowest BCUT2D eigenvalue weighted by molar-refractivity contribution is -0.115. The molecule has 0 aliphatic carbocycles. The van der Waals surface area contributed by atoms with E-state index in [1.54, 1.807) is 0 Å². The van der Waals surface area contributed by atoms with Crippen molar-refractivity contribution in [1.29, 1.82) is 0 Å². The van der Waals surface area contributed by atoms with Gasteiger partial charge in [0.15, 0.2) is 11.5 Å². The first-order valence-corrected chi connectivity index (χ1v) is 9.04. The van der Waals surface area contributed by atoms with Crippen LogP contribution >= 0.6 is 11.6 Å². The predicted molar refractivity (Wildman–Crippen MR) is 106 cm³/mol. The van der Waals surface area contributed by atoms with E-state index in [1.165, 1.54) is 19.2 Å². The third kappa shape index (κ3) is 5.37. The highest BCUT2D eigenvalue weighted by molar-refractivity contribution is 6.32. The summed E-state index contributed by atoms with van der Waals surface area (Å²) in [5.41, 5.74) is 2.05. The van der Waals surface area contributed by atoms with Crippen molar-refractivity contribution >= 4 is 29.1 Å². The number of amides is 2. The van der Waals surface area contributed by atoms with Gasteiger partial charge in [-0.05, 0) is 37.1 Å². The minimum Gasteiger partial charge on any atom is -0.493 e. The van der Waals surface area contributed by atoms with Gasteiger partial charge < -0.3 is 20.1 Å². The van der Waals surface area contributed by atoms with Gasteiger partial charge >= 0.3 is 0 Å². The number of carbonyl (C=O) groups excluding carboxylic acids is 2. The lowest BCUT2D eigenvalue weighted by atomic mass is 10.1. The molecule has 0 radical (unpaired) electrons. The molecule has 0 aromatic heterocycles. The highest BCUT2D eigenvalue weighted by atomic mass is 35.5. The van der Waals surface area contributed by atoms with E-state index in [0.717, 1.165) is 17.7 Å². The van der Waals surface area contributed by atoms with Crippen molar-refractivity contribution in [2.75, 3.05) is 25.6 Å². The van der Waals surface area contributed by atoms with E-state index in [4.69, 9.17) is 21.1 Å². The summed E-state index contributed by atoms with van der Waals surface area (Å²) in [5.74, 6) is -0.00613. The fourth-order valence-corrected chi connectivity index (χ4v) is 2.81. The lowest BCUT2D eigenvalue weighted by Gasteiger charge is -2.13. The summed E-state index contributed by atoms with van der Waals surface area (Å²) in [6.07, 6.45) is 0.799. The Hall–Kier alpha value is -2.73. The third-order valence-corrected chi connectivity index (χ3v) is 4.14. The molecular weight excluding hydrogens is 368 g/mol. The van der Waals surface area contributed by atoms with Crippen molar-refractivity contribution in [3.05, 3.63) is 52.5 Å². The maximum absolute atomic E-state index is 12.4. The SMILES string of the molecule is CCOc1c(Cl)cc(C(=O)NCC(=O)Nc2ccccc2CC)cc1OC. The second-order valence-corrected chi connectivity index (χ2v) is 6.07. The standard InChI is InChI=1S/C20H23ClN2O4/c1-4-13-8-6-7-9-16(13)23-18(24)12-22-20(25)14-10-15(21)19(27-5-2)17(11-14)26-3/h6-11H,4-5,12H2,1-3H3,(H,22,25)(H,23,24). The molecule has 0 spiro atoms. The molecule has 2 amide bonds. The summed E-state index contributed by atoms with van der Waals surface area (Å²) in [6, 6.07) is 10.5. The molecule has 2 aromatic rings. The van der Waals surface area contributed by atoms with Crippen LogP contribution in [0.1, 0.15) is 29.8 Å². The molecule has 0 fully saturated rings. The van der Waals surface area contributed by atoms with E-state index < -0.39 is 5.91 Å². The maximum Gasteiger partial charge on any atom is 0.251 e. The van der Waals surface area contributed by atoms with Crippen molar-refractivity contribution in [2.24, 2.45) is 0 Å². The molecule has 0 heterocycles. The van der Waals surface area contributed by atoms with E-state index >= 15 is 0 Å². The second kappa shape index (κ2) is 9.83. The van der Waals surface area contributed by atoms with Crippen molar-refractivity contribution in [1.82, 2.24) is 5.32 Å². The number of halogens is 1. The molecule has 0 atom stereocenters. The fraction of sp³-hybridized carbons (Fsp3) is 0.300. The first kappa shape index (κ1) is 20.6. The lowest BCUT2D eigenvalue weighted by Crippen LogP contribution is -2.33. The van der Waals surface area contributed by atoms with Crippen molar-refractivity contribution in [2.45, 2.75) is 20.3 Å². The van der Waals surface area contributed by atoms with Gasteiger partial charge in [0.2, 0.25) is 5.91 Å². The van der Waals surface area contributed by atoms with Gasteiger partial charge in [-0.25, -0.2) is 0 Å². The average molecular weight is 391 g/mol. The zero-order valence-corrected chi connectivity index (χ0v) is 16.4. The van der Waals surface area contributed by atoms with Crippen LogP contribution in [-0.4, -0.2) is 32.1 Å². The van der Waals surface area contributed by atoms with E-state index in [2.05, 4.69) is 10.6 Å². The molecule has 7 heteroatoms. The third-order valence-electron chi connectivity index (χ3n) is 3.86. The van der Waals surface area contributed by atoms with Crippen LogP contribution in [0.2, 0.25) is 5.02 Å². The Morgan fingerprint density at radius 1 is 1.15 bits per heavy atom. The number of aryl methyl sites for hydroxylation is 1. The van der Waals surface area contributed by atoms with Gasteiger partial charge in [-0.3, -0.25) is 9.59 Å². The molecule has 0 aliphatic rings. The predicted octanol–water partition coefficient (Wildman–Crippen LogP) is 3.68. The Kier molecular flexibility index (Phi) is 7.49. The Balaban J connectivity index is 2.03. The number of hydrogen-bond donors (Lipinski definition) is 2. The normalized spacial score (nSPS) is 10.2. The molecule has 0 unspecified atom stereocenters. The van der Waals surface area contributed by atoms with Gasteiger partial charge in [-0.2, -0.15) is 0 Å². The fourth-order valence-electron chi connectivity index (χ4n) is 2.54. The van der Waals surface area contributed by atoms with Gasteiger partial charge in [0, 0.05) is 11.3 Å². The Morgan fingerprint density at radius 3 is 2.56 bits per heavy atom. The summed E-state index contributed by atoms with van der Waals surface area (Å²) >= 11 is 6.18. The molecule has 6 nitrogen and oxygen atoms in total. The largest absolute Gasteiger partial charge is 0.493 e. The van der Waals surface area contributed by atoms with Crippen molar-refractivity contribution in [3.63, 3.8) is 0 Å². The van der Waals surface area contributed by atoms with Crippen LogP contribution in [-0.2, 0) is 11.2 Å². The number of hydrogen-bond acceptors (Lipinski definition) is 4. The van der Waals surface area contributed by atoms with Crippen LogP contribution in [0.4, 0.5) is 5.69 Å². The van der Waals surface area contributed by atoms with Gasteiger partial charge in [0.25, 0.3) is 5.91 Å². The monoisotopic (exact) mass is 390 g/mol. The summed E-state index contributed by atoms with van der Waals surface area (Å²) in [6.45, 7) is 4.09. The smallest absolute Gasteiger partial charge is 0.251 e. The van der Waals surface area contributed by atoms with Crippen LogP contribution in [0.15, 0.2) is 36.4 Å². The number of carbonyl (C=O) groups is 2. The zero-order chi connectivity index (χ0) is 19.8. The number of para-hydroxylation sites is 1. The minimum absolute atomic E-state index is 0.163. The summed E-state index contributed by atoms with van der Waals surface area (Å²) in [4.78, 5) is 24.5. The Bertz CT molecular complexity index is 824. The molecule has 27 heavy (non-hydrogen) atoms. The number of anilines is 1. The number of benzene rings is 2. The average Bonchev–Trinajstić information content (AvgIpc) is 2.67. The molecule has 0 aliphatic heterocycles. The summed E-state index contributed by atoms with van der Waals surface area (Å²) < 4.78 is 10.7. The molecular formula is C20H23ClN2O4. The highest BCUT2D eigenvalue weighted by Gasteiger charge is 2.16. The second-order valence-electron chi connectivity index (χ2n) is 5.66. The van der Waals surface area contributed by atoms with Crippen molar-refractivity contribution in [3.8, 4) is 11.5 Å². The maximum atomic E-state index is 12.4. The molecule has 2 rings (SSSR count). The molecule has 2 N–H and O–H groups in total. The summed E-state index contributed by atoms with van der Waals surface area (Å²) in [5, 5.41) is 5.65. The number of ether oxygens (including phenoxy) is 2. The van der Waals surface area contributed by atoms with Crippen LogP contribution in [0.25, 0.3) is 0 Å². The quantitative estimate of drug-likeness (QED) is 0.720. The van der Waals surface area contributed by atoms with E-state index in [1.807, 2.05) is 38.1 Å². The molecule has 2 aromatic carbocycles. The van der Waals surface area contributed by atoms with Crippen LogP contribution < -0.4 is 20.1 Å². The molecule has 144 valence electrons. The summed E-state index contributed by atoms with van der Waals surface area (Å²) in [7, 11) is 1.47. The molecule has 0 saturated heterocycles. The molecule has 0 saturated carbocycles. The number of methoxy groups -OCH3 is 1. The van der Waals surface area contributed by atoms with Gasteiger partial charge in [0.1, 0.15) is 0 Å². The first-order chi connectivity index (χ1) is 13.0. The Morgan fingerprint density at radius 2 is 1.89 bits per heavy atom. The topological polar surface area (TPSA) is 76.7 Å². The first-order valence-electron chi connectivity index (χ1n) is 8.66. The van der Waals surface area contributed by atoms with E-state index in [9.17, 15) is 9.59 Å². The highest BCUT2D eigenvalue weighted by Crippen LogP contribution is 2.36. The van der Waals surface area contributed by atoms with E-state index in [0.29, 0.717) is 18.1 Å². The van der Waals surface area contributed by atoms with E-state index in [-0.39, 0.29) is 23.0 Å². The van der Waals surface area contributed by atoms with Crippen LogP contribution in [0, 0.1) is 0 Å². The minimum atomic E-state index is -0.433. The van der Waals surface area contributed by atoms with Gasteiger partial charge in [-0.15, -0.1) is 0 Å². The number of rotatable bonds is 8. The van der Waals surface area contributed by atoms with Gasteiger partial charge in [-0.1, -0.05) is 36.7 Å². The zero-order valence-electron chi connectivity index (χ0n) is 15.6. The van der Waals surface area contributed by atoms with Crippen LogP contribution in [0.5, 0.6) is 11.5 Å². The van der Waals surface area contributed by atoms with Crippen molar-refractivity contribution < 1.29 is 19.1 Å². The Labute approximate surface area is 163 Å². The molecule has 0 bridgehead atoms. The van der Waals surface area contributed by atoms with Gasteiger partial charge in [0.05, 0.1) is 25.3 Å². The van der Waals surface area contributed by atoms with Crippen LogP contribution in [0.3, 0.4) is 0 Å².